The summed E-state index contributed by atoms with van der Waals surface area (Å²) < 4.78 is 6.98. The number of rotatable bonds is 6. The lowest BCUT2D eigenvalue weighted by atomic mass is 10.2. The van der Waals surface area contributed by atoms with Crippen molar-refractivity contribution in [2.75, 3.05) is 7.11 Å². The van der Waals surface area contributed by atoms with Gasteiger partial charge >= 0.3 is 0 Å². The quantitative estimate of drug-likeness (QED) is 0.824. The first-order valence-electron chi connectivity index (χ1n) is 6.94. The predicted octanol–water partition coefficient (Wildman–Crippen LogP) is 1.93. The molecule has 22 heavy (non-hydrogen) atoms. The van der Waals surface area contributed by atoms with E-state index in [4.69, 9.17) is 4.74 Å². The number of methoxy groups -OCH3 is 1. The highest BCUT2D eigenvalue weighted by Gasteiger charge is 2.17. The van der Waals surface area contributed by atoms with E-state index in [-0.39, 0.29) is 11.2 Å². The van der Waals surface area contributed by atoms with Crippen molar-refractivity contribution in [3.63, 3.8) is 0 Å². The Bertz CT molecular complexity index is 639. The van der Waals surface area contributed by atoms with Gasteiger partial charge in [0.25, 0.3) is 0 Å². The molecule has 0 aliphatic heterocycles. The number of carbonyl (C=O) groups excluding carboxylic acids is 1. The smallest absolute Gasteiger partial charge is 0.233 e. The minimum absolute atomic E-state index is 0.0264. The molecular formula is C15H20N4O2S. The zero-order valence-electron chi connectivity index (χ0n) is 13.2. The molecule has 7 heteroatoms. The number of ether oxygens (including phenoxy) is 1. The van der Waals surface area contributed by atoms with E-state index in [1.165, 1.54) is 11.8 Å². The molecule has 0 unspecified atom stereocenters. The van der Waals surface area contributed by atoms with Crippen LogP contribution in [0.2, 0.25) is 0 Å². The van der Waals surface area contributed by atoms with Gasteiger partial charge in [0.2, 0.25) is 5.91 Å². The van der Waals surface area contributed by atoms with E-state index < -0.39 is 0 Å². The molecule has 0 aliphatic carbocycles. The van der Waals surface area contributed by atoms with E-state index in [2.05, 4.69) is 15.5 Å². The average Bonchev–Trinajstić information content (AvgIpc) is 2.85. The fourth-order valence-corrected chi connectivity index (χ4v) is 2.66. The van der Waals surface area contributed by atoms with Crippen molar-refractivity contribution in [2.45, 2.75) is 30.8 Å². The van der Waals surface area contributed by atoms with E-state index in [1.807, 2.05) is 49.7 Å². The molecule has 0 spiro atoms. The van der Waals surface area contributed by atoms with Gasteiger partial charge < -0.3 is 14.6 Å². The summed E-state index contributed by atoms with van der Waals surface area (Å²) in [5.41, 5.74) is 1.03. The van der Waals surface area contributed by atoms with Crippen LogP contribution in [0.4, 0.5) is 0 Å². The summed E-state index contributed by atoms with van der Waals surface area (Å²) in [4.78, 5) is 12.1. The Morgan fingerprint density at radius 2 is 2.05 bits per heavy atom. The van der Waals surface area contributed by atoms with Crippen LogP contribution in [0.3, 0.4) is 0 Å². The van der Waals surface area contributed by atoms with Gasteiger partial charge in [-0.05, 0) is 31.5 Å². The van der Waals surface area contributed by atoms with Gasteiger partial charge in [-0.15, -0.1) is 10.2 Å². The van der Waals surface area contributed by atoms with Gasteiger partial charge in [-0.25, -0.2) is 0 Å². The third-order valence-corrected chi connectivity index (χ3v) is 4.46. The maximum absolute atomic E-state index is 12.1. The molecule has 2 rings (SSSR count). The molecule has 1 amide bonds. The molecule has 1 aromatic heterocycles. The van der Waals surface area contributed by atoms with Crippen LogP contribution in [0.25, 0.3) is 0 Å². The number of benzene rings is 1. The maximum Gasteiger partial charge on any atom is 0.233 e. The summed E-state index contributed by atoms with van der Waals surface area (Å²) in [6.45, 7) is 4.23. The van der Waals surface area contributed by atoms with Crippen molar-refractivity contribution in [3.8, 4) is 5.75 Å². The molecule has 0 saturated heterocycles. The summed E-state index contributed by atoms with van der Waals surface area (Å²) in [6.07, 6.45) is 0. The van der Waals surface area contributed by atoms with Crippen molar-refractivity contribution < 1.29 is 9.53 Å². The largest absolute Gasteiger partial charge is 0.497 e. The summed E-state index contributed by atoms with van der Waals surface area (Å²) in [5.74, 6) is 1.60. The molecule has 0 fully saturated rings. The van der Waals surface area contributed by atoms with Crippen LogP contribution in [-0.4, -0.2) is 33.0 Å². The number of aryl methyl sites for hydroxylation is 1. The molecule has 1 atom stereocenters. The van der Waals surface area contributed by atoms with Crippen molar-refractivity contribution in [3.05, 3.63) is 35.7 Å². The first-order chi connectivity index (χ1) is 10.5. The minimum atomic E-state index is -0.236. The first kappa shape index (κ1) is 16.4. The highest BCUT2D eigenvalue weighted by atomic mass is 32.2. The topological polar surface area (TPSA) is 69.0 Å². The third kappa shape index (κ3) is 4.00. The Balaban J connectivity index is 1.87. The number of thioether (sulfide) groups is 1. The van der Waals surface area contributed by atoms with Crippen LogP contribution in [0.15, 0.2) is 29.4 Å². The van der Waals surface area contributed by atoms with Crippen LogP contribution < -0.4 is 10.1 Å². The lowest BCUT2D eigenvalue weighted by Crippen LogP contribution is -2.30. The summed E-state index contributed by atoms with van der Waals surface area (Å²) in [5, 5.41) is 11.5. The Labute approximate surface area is 134 Å². The highest BCUT2D eigenvalue weighted by Crippen LogP contribution is 2.21. The average molecular weight is 320 g/mol. The summed E-state index contributed by atoms with van der Waals surface area (Å²) in [7, 11) is 3.52. The van der Waals surface area contributed by atoms with Crippen LogP contribution in [0, 0.1) is 6.92 Å². The predicted molar refractivity (Wildman–Crippen MR) is 85.9 cm³/mol. The normalized spacial score (nSPS) is 12.0. The van der Waals surface area contributed by atoms with Crippen molar-refractivity contribution in [2.24, 2.45) is 7.05 Å². The van der Waals surface area contributed by atoms with Gasteiger partial charge in [0.05, 0.1) is 12.4 Å². The lowest BCUT2D eigenvalue weighted by Gasteiger charge is -2.11. The number of amides is 1. The van der Waals surface area contributed by atoms with E-state index in [1.54, 1.807) is 7.11 Å². The number of hydrogen-bond acceptors (Lipinski definition) is 5. The van der Waals surface area contributed by atoms with Crippen molar-refractivity contribution >= 4 is 17.7 Å². The first-order valence-corrected chi connectivity index (χ1v) is 7.82. The van der Waals surface area contributed by atoms with Crippen molar-refractivity contribution in [1.82, 2.24) is 20.1 Å². The Morgan fingerprint density at radius 1 is 1.36 bits per heavy atom. The Morgan fingerprint density at radius 3 is 2.59 bits per heavy atom. The zero-order valence-corrected chi connectivity index (χ0v) is 14.0. The second kappa shape index (κ2) is 7.31. The second-order valence-corrected chi connectivity index (χ2v) is 6.22. The highest BCUT2D eigenvalue weighted by molar-refractivity contribution is 8.00. The summed E-state index contributed by atoms with van der Waals surface area (Å²) in [6, 6.07) is 7.62. The Hall–Kier alpha value is -2.02. The monoisotopic (exact) mass is 320 g/mol. The molecule has 6 nitrogen and oxygen atoms in total. The van der Waals surface area contributed by atoms with Crippen LogP contribution in [-0.2, 0) is 18.4 Å². The molecule has 0 radical (unpaired) electrons. The van der Waals surface area contributed by atoms with Gasteiger partial charge in [-0.3, -0.25) is 4.79 Å². The molecule has 0 bridgehead atoms. The summed E-state index contributed by atoms with van der Waals surface area (Å²) >= 11 is 1.40. The molecule has 0 saturated carbocycles. The van der Waals surface area contributed by atoms with Gasteiger partial charge in [0, 0.05) is 13.6 Å². The van der Waals surface area contributed by atoms with Crippen LogP contribution >= 0.6 is 11.8 Å². The maximum atomic E-state index is 12.1. The molecule has 0 aliphatic rings. The molecule has 1 N–H and O–H groups in total. The van der Waals surface area contributed by atoms with Gasteiger partial charge in [0.1, 0.15) is 11.6 Å². The Kier molecular flexibility index (Phi) is 5.43. The van der Waals surface area contributed by atoms with E-state index in [0.717, 1.165) is 22.3 Å². The van der Waals surface area contributed by atoms with Gasteiger partial charge in [0.15, 0.2) is 5.16 Å². The van der Waals surface area contributed by atoms with Crippen LogP contribution in [0.1, 0.15) is 18.3 Å². The van der Waals surface area contributed by atoms with E-state index in [0.29, 0.717) is 6.54 Å². The molecule has 118 valence electrons. The van der Waals surface area contributed by atoms with Crippen molar-refractivity contribution in [1.29, 1.82) is 0 Å². The third-order valence-electron chi connectivity index (χ3n) is 3.33. The lowest BCUT2D eigenvalue weighted by molar-refractivity contribution is -0.120. The van der Waals surface area contributed by atoms with Crippen LogP contribution in [0.5, 0.6) is 5.75 Å². The number of aromatic nitrogens is 3. The fraction of sp³-hybridized carbons (Fsp3) is 0.400. The minimum Gasteiger partial charge on any atom is -0.497 e. The fourth-order valence-electron chi connectivity index (χ4n) is 1.78. The van der Waals surface area contributed by atoms with Gasteiger partial charge in [-0.1, -0.05) is 23.9 Å². The molecule has 2 aromatic rings. The molecule has 1 aromatic carbocycles. The number of nitrogens with zero attached hydrogens (tertiary/aromatic N) is 3. The molecule has 1 heterocycles. The number of carbonyl (C=O) groups is 1. The molecular weight excluding hydrogens is 300 g/mol. The van der Waals surface area contributed by atoms with E-state index >= 15 is 0 Å². The van der Waals surface area contributed by atoms with Gasteiger partial charge in [-0.2, -0.15) is 0 Å². The number of nitrogens with one attached hydrogen (secondary N) is 1. The van der Waals surface area contributed by atoms with E-state index in [9.17, 15) is 4.79 Å². The number of hydrogen-bond donors (Lipinski definition) is 1. The zero-order chi connectivity index (χ0) is 16.1. The second-order valence-electron chi connectivity index (χ2n) is 4.91. The standard InChI is InChI=1S/C15H20N4O2S/c1-10(22-15-18-17-11(2)19(15)3)14(20)16-9-12-5-7-13(21-4)8-6-12/h5-8,10H,9H2,1-4H3,(H,16,20)/t10-/m1/s1. The SMILES string of the molecule is COc1ccc(CNC(=O)[C@@H](C)Sc2nnc(C)n2C)cc1.